The van der Waals surface area contributed by atoms with E-state index in [0.717, 1.165) is 24.4 Å². The van der Waals surface area contributed by atoms with E-state index in [-0.39, 0.29) is 19.3 Å². The second-order valence-corrected chi connectivity index (χ2v) is 4.19. The fourth-order valence-electron chi connectivity index (χ4n) is 1.91. The SMILES string of the molecule is CCOC(=O)OC(C)On1on1N1CCC[C@H]1CO. The van der Waals surface area contributed by atoms with Gasteiger partial charge in [0.15, 0.2) is 0 Å². The predicted molar refractivity (Wildman–Crippen MR) is 62.0 cm³/mol. The van der Waals surface area contributed by atoms with Crippen LogP contribution in [-0.2, 0) is 9.47 Å². The molecule has 1 aliphatic heterocycles. The number of ether oxygens (including phenoxy) is 2. The molecule has 0 aromatic carbocycles. The van der Waals surface area contributed by atoms with Crippen molar-refractivity contribution >= 4 is 6.16 Å². The highest BCUT2D eigenvalue weighted by Crippen LogP contribution is 2.17. The molecule has 1 aromatic heterocycles. The van der Waals surface area contributed by atoms with E-state index in [9.17, 15) is 9.90 Å². The van der Waals surface area contributed by atoms with Gasteiger partial charge in [-0.25, -0.2) is 4.79 Å². The average molecular weight is 277 g/mol. The van der Waals surface area contributed by atoms with Gasteiger partial charge in [0, 0.05) is 13.5 Å². The third-order valence-corrected chi connectivity index (χ3v) is 2.80. The summed E-state index contributed by atoms with van der Waals surface area (Å²) in [4.78, 5) is 17.6. The fourth-order valence-corrected chi connectivity index (χ4v) is 1.91. The number of aliphatic hydroxyl groups excluding tert-OH is 1. The van der Waals surface area contributed by atoms with E-state index in [4.69, 9.17) is 14.2 Å². The van der Waals surface area contributed by atoms with E-state index in [1.807, 2.05) is 5.01 Å². The Morgan fingerprint density at radius 3 is 3.05 bits per heavy atom. The van der Waals surface area contributed by atoms with Gasteiger partial charge in [0.05, 0.1) is 24.2 Å². The second kappa shape index (κ2) is 5.91. The molecule has 9 heteroatoms. The van der Waals surface area contributed by atoms with Gasteiger partial charge in [0.1, 0.15) is 5.02 Å². The zero-order valence-electron chi connectivity index (χ0n) is 11.0. The van der Waals surface area contributed by atoms with Gasteiger partial charge in [-0.3, -0.25) is 5.01 Å². The molecule has 19 heavy (non-hydrogen) atoms. The Bertz CT molecular complexity index is 397. The maximum Gasteiger partial charge on any atom is 0.511 e. The van der Waals surface area contributed by atoms with Crippen molar-refractivity contribution in [2.24, 2.45) is 0 Å². The summed E-state index contributed by atoms with van der Waals surface area (Å²) in [6.45, 7) is 4.30. The first-order chi connectivity index (χ1) is 9.15. The summed E-state index contributed by atoms with van der Waals surface area (Å²) < 4.78 is 14.5. The summed E-state index contributed by atoms with van der Waals surface area (Å²) in [5.41, 5.74) is 0. The summed E-state index contributed by atoms with van der Waals surface area (Å²) in [6, 6.07) is 0.0230. The van der Waals surface area contributed by atoms with Crippen molar-refractivity contribution in [2.45, 2.75) is 39.0 Å². The van der Waals surface area contributed by atoms with Crippen molar-refractivity contribution in [3.05, 3.63) is 0 Å². The fraction of sp³-hybridized carbons (Fsp3) is 0.900. The number of aromatic nitrogens is 2. The van der Waals surface area contributed by atoms with E-state index < -0.39 is 12.4 Å². The average Bonchev–Trinajstić information content (AvgIpc) is 2.94. The molecule has 110 valence electrons. The minimum Gasteiger partial charge on any atom is -0.435 e. The second-order valence-electron chi connectivity index (χ2n) is 4.19. The third kappa shape index (κ3) is 3.37. The Morgan fingerprint density at radius 2 is 2.37 bits per heavy atom. The Balaban J connectivity index is 1.78. The Hall–Kier alpha value is -1.77. The highest BCUT2D eigenvalue weighted by Gasteiger charge is 2.32. The van der Waals surface area contributed by atoms with Crippen molar-refractivity contribution < 1.29 is 28.8 Å². The molecule has 1 aromatic rings. The largest absolute Gasteiger partial charge is 0.511 e. The molecule has 0 saturated carbocycles. The van der Waals surface area contributed by atoms with Gasteiger partial charge in [-0.05, 0) is 19.8 Å². The summed E-state index contributed by atoms with van der Waals surface area (Å²) in [5, 5.41) is 12.1. The van der Waals surface area contributed by atoms with Gasteiger partial charge in [-0.1, -0.05) is 0 Å². The molecular weight excluding hydrogens is 258 g/mol. The van der Waals surface area contributed by atoms with E-state index in [2.05, 4.69) is 4.74 Å². The highest BCUT2D eigenvalue weighted by atomic mass is 17.0. The van der Waals surface area contributed by atoms with Gasteiger partial charge in [0.2, 0.25) is 0 Å². The molecule has 1 saturated heterocycles. The minimum absolute atomic E-state index is 0.0230. The molecule has 9 nitrogen and oxygen atoms in total. The lowest BCUT2D eigenvalue weighted by Gasteiger charge is -2.17. The van der Waals surface area contributed by atoms with Gasteiger partial charge in [-0.2, -0.15) is 4.63 Å². The molecule has 0 bridgehead atoms. The zero-order chi connectivity index (χ0) is 13.8. The smallest absolute Gasteiger partial charge is 0.435 e. The van der Waals surface area contributed by atoms with Crippen molar-refractivity contribution in [2.75, 3.05) is 24.8 Å². The molecule has 0 radical (unpaired) electrons. The van der Waals surface area contributed by atoms with Gasteiger partial charge >= 0.3 is 6.16 Å². The molecule has 0 amide bonds. The van der Waals surface area contributed by atoms with Crippen molar-refractivity contribution in [3.8, 4) is 0 Å². The third-order valence-electron chi connectivity index (χ3n) is 2.80. The normalized spacial score (nSPS) is 20.6. The lowest BCUT2D eigenvalue weighted by molar-refractivity contribution is -0.133. The topological polar surface area (TPSA) is 91.2 Å². The summed E-state index contributed by atoms with van der Waals surface area (Å²) in [6.07, 6.45) is 0.254. The van der Waals surface area contributed by atoms with Crippen LogP contribution in [0.15, 0.2) is 4.63 Å². The predicted octanol–water partition coefficient (Wildman–Crippen LogP) is -0.0770. The van der Waals surface area contributed by atoms with Crippen LogP contribution in [0.25, 0.3) is 0 Å². The van der Waals surface area contributed by atoms with Crippen LogP contribution >= 0.6 is 0 Å². The van der Waals surface area contributed by atoms with Crippen LogP contribution in [0.5, 0.6) is 0 Å². The van der Waals surface area contributed by atoms with Crippen molar-refractivity contribution in [3.63, 3.8) is 0 Å². The first-order valence-electron chi connectivity index (χ1n) is 6.31. The number of rotatable bonds is 6. The van der Waals surface area contributed by atoms with Crippen molar-refractivity contribution in [1.82, 2.24) is 9.98 Å². The van der Waals surface area contributed by atoms with E-state index in [1.165, 1.54) is 4.96 Å². The lowest BCUT2D eigenvalue weighted by atomic mass is 10.2. The maximum atomic E-state index is 11.1. The Kier molecular flexibility index (Phi) is 4.25. The molecule has 1 unspecified atom stereocenters. The van der Waals surface area contributed by atoms with E-state index in [0.29, 0.717) is 0 Å². The number of hydrogen-bond acceptors (Lipinski definition) is 7. The highest BCUT2D eigenvalue weighted by molar-refractivity contribution is 5.59. The standard InChI is InChI=1S/C10H19N3O6/c1-3-16-10(15)17-8(2)18-13-12(19-13)11-6-4-5-9(11)7-14/h8-9,14H,3-7H2,1-2H3/t8?,9-,12?,13?/m0/s1. The first-order valence-corrected chi connectivity index (χ1v) is 6.31. The molecule has 2 heterocycles. The van der Waals surface area contributed by atoms with Crippen LogP contribution in [0.4, 0.5) is 4.79 Å². The molecule has 1 N–H and O–H groups in total. The number of hydrogen-bond donors (Lipinski definition) is 1. The Morgan fingerprint density at radius 1 is 1.58 bits per heavy atom. The first kappa shape index (κ1) is 13.7. The lowest BCUT2D eigenvalue weighted by Crippen LogP contribution is -2.40. The zero-order valence-corrected chi connectivity index (χ0v) is 11.0. The number of aliphatic hydroxyl groups is 1. The summed E-state index contributed by atoms with van der Waals surface area (Å²) >= 11 is 0. The van der Waals surface area contributed by atoms with Gasteiger partial charge in [0.25, 0.3) is 6.29 Å². The van der Waals surface area contributed by atoms with Gasteiger partial charge < -0.3 is 19.4 Å². The molecule has 1 fully saturated rings. The van der Waals surface area contributed by atoms with Crippen LogP contribution in [0, 0.1) is 0 Å². The molecule has 2 rings (SSSR count). The number of carbonyl (C=O) groups excluding carboxylic acids is 1. The van der Waals surface area contributed by atoms with Crippen LogP contribution in [0.1, 0.15) is 26.7 Å². The number of carbonyl (C=O) groups is 1. The summed E-state index contributed by atoms with van der Waals surface area (Å²) in [7, 11) is 0. The monoisotopic (exact) mass is 277 g/mol. The van der Waals surface area contributed by atoms with Crippen molar-refractivity contribution in [1.29, 1.82) is 0 Å². The summed E-state index contributed by atoms with van der Waals surface area (Å²) in [5.74, 6) is 0. The van der Waals surface area contributed by atoms with Crippen LogP contribution in [0.3, 0.4) is 0 Å². The van der Waals surface area contributed by atoms with E-state index >= 15 is 0 Å². The van der Waals surface area contributed by atoms with Crippen LogP contribution in [-0.4, -0.2) is 53.3 Å². The minimum atomic E-state index is -0.834. The molecular formula is C10H19N3O6. The molecule has 2 atom stereocenters. The van der Waals surface area contributed by atoms with Crippen LogP contribution in [0.2, 0.25) is 0 Å². The van der Waals surface area contributed by atoms with Gasteiger partial charge in [-0.15, -0.1) is 0 Å². The molecule has 0 aliphatic carbocycles. The number of nitrogens with zero attached hydrogens (tertiary/aromatic N) is 3. The Labute approximate surface area is 110 Å². The van der Waals surface area contributed by atoms with Crippen LogP contribution < -0.4 is 9.85 Å². The molecule has 0 spiro atoms. The maximum absolute atomic E-state index is 11.1. The quantitative estimate of drug-likeness (QED) is 0.574. The molecule has 1 aliphatic rings. The van der Waals surface area contributed by atoms with E-state index in [1.54, 1.807) is 13.8 Å².